The Morgan fingerprint density at radius 3 is 2.61 bits per heavy atom. The smallest absolute Gasteiger partial charge is 0.410 e. The quantitative estimate of drug-likeness (QED) is 0.476. The molecule has 0 radical (unpaired) electrons. The summed E-state index contributed by atoms with van der Waals surface area (Å²) in [6.45, 7) is 9.68. The summed E-state index contributed by atoms with van der Waals surface area (Å²) < 4.78 is 12.5. The maximum atomic E-state index is 12.4. The van der Waals surface area contributed by atoms with Gasteiger partial charge in [-0.05, 0) is 69.2 Å². The van der Waals surface area contributed by atoms with E-state index in [1.807, 2.05) is 56.0 Å². The number of benzene rings is 2. The van der Waals surface area contributed by atoms with E-state index in [4.69, 9.17) is 9.15 Å². The van der Waals surface area contributed by atoms with E-state index in [0.717, 1.165) is 53.7 Å². The van der Waals surface area contributed by atoms with Crippen LogP contribution in [0.15, 0.2) is 51.4 Å². The monoisotopic (exact) mass is 485 g/mol. The number of amides is 1. The van der Waals surface area contributed by atoms with Gasteiger partial charge in [-0.15, -0.1) is 0 Å². The highest BCUT2D eigenvalue weighted by Crippen LogP contribution is 2.26. The first kappa shape index (κ1) is 21.8. The Balaban J connectivity index is 1.41. The van der Waals surface area contributed by atoms with E-state index >= 15 is 0 Å². The summed E-state index contributed by atoms with van der Waals surface area (Å²) in [5.41, 5.74) is 3.32. The highest BCUT2D eigenvalue weighted by atomic mass is 79.9. The molecule has 7 heteroatoms. The van der Waals surface area contributed by atoms with Crippen molar-refractivity contribution in [3.63, 3.8) is 0 Å². The van der Waals surface area contributed by atoms with Crippen molar-refractivity contribution in [1.82, 2.24) is 14.8 Å². The van der Waals surface area contributed by atoms with Gasteiger partial charge in [0.15, 0.2) is 5.58 Å². The predicted octanol–water partition coefficient (Wildman–Crippen LogP) is 5.70. The number of fused-ring (bicyclic) bond motifs is 1. The van der Waals surface area contributed by atoms with Crippen molar-refractivity contribution in [1.29, 1.82) is 0 Å². The van der Waals surface area contributed by atoms with Crippen LogP contribution in [0.5, 0.6) is 0 Å². The summed E-state index contributed by atoms with van der Waals surface area (Å²) in [6.07, 6.45) is 0.706. The molecule has 1 saturated heterocycles. The third-order valence-electron chi connectivity index (χ3n) is 5.19. The van der Waals surface area contributed by atoms with Crippen molar-refractivity contribution in [3.8, 4) is 11.5 Å². The van der Waals surface area contributed by atoms with Gasteiger partial charge in [0.2, 0.25) is 5.89 Å². The number of halogens is 1. The molecule has 1 fully saturated rings. The number of carbonyl (C=O) groups is 1. The van der Waals surface area contributed by atoms with Crippen LogP contribution in [-0.2, 0) is 11.3 Å². The first-order valence-corrected chi connectivity index (χ1v) is 11.4. The van der Waals surface area contributed by atoms with Crippen molar-refractivity contribution in [2.75, 3.05) is 26.2 Å². The molecule has 6 nitrogen and oxygen atoms in total. The van der Waals surface area contributed by atoms with E-state index in [-0.39, 0.29) is 6.09 Å². The third kappa shape index (κ3) is 5.66. The molecule has 0 unspecified atom stereocenters. The lowest BCUT2D eigenvalue weighted by Gasteiger charge is -2.26. The Hall–Kier alpha value is -2.38. The topological polar surface area (TPSA) is 58.8 Å². The van der Waals surface area contributed by atoms with Gasteiger partial charge < -0.3 is 14.1 Å². The second-order valence-corrected chi connectivity index (χ2v) is 9.84. The van der Waals surface area contributed by atoms with Crippen LogP contribution >= 0.6 is 15.9 Å². The molecule has 0 atom stereocenters. The summed E-state index contributed by atoms with van der Waals surface area (Å²) in [6, 6.07) is 14.1. The Morgan fingerprint density at radius 2 is 1.87 bits per heavy atom. The van der Waals surface area contributed by atoms with Gasteiger partial charge in [0, 0.05) is 42.8 Å². The molecular formula is C24H28BrN3O3. The molecule has 2 aromatic carbocycles. The molecule has 0 spiro atoms. The molecular weight excluding hydrogens is 458 g/mol. The normalized spacial score (nSPS) is 15.8. The van der Waals surface area contributed by atoms with Crippen LogP contribution in [0, 0.1) is 0 Å². The third-order valence-corrected chi connectivity index (χ3v) is 5.72. The van der Waals surface area contributed by atoms with Crippen molar-refractivity contribution in [3.05, 3.63) is 52.5 Å². The molecule has 1 aliphatic rings. The minimum absolute atomic E-state index is 0.223. The molecule has 4 rings (SSSR count). The van der Waals surface area contributed by atoms with Crippen LogP contribution in [0.25, 0.3) is 22.6 Å². The van der Waals surface area contributed by atoms with Crippen LogP contribution < -0.4 is 0 Å². The minimum atomic E-state index is -0.467. The molecule has 2 heterocycles. The van der Waals surface area contributed by atoms with Crippen LogP contribution in [0.3, 0.4) is 0 Å². The molecule has 0 bridgehead atoms. The largest absolute Gasteiger partial charge is 0.444 e. The molecule has 0 N–H and O–H groups in total. The lowest BCUT2D eigenvalue weighted by atomic mass is 10.2. The standard InChI is InChI=1S/C24H28BrN3O3/c1-24(2,3)31-23(29)28-12-4-11-27(13-14-28)16-17-5-10-21-20(15-17)26-22(30-21)18-6-8-19(25)9-7-18/h5-10,15H,4,11-14,16H2,1-3H3. The number of oxazole rings is 1. The number of aromatic nitrogens is 1. The summed E-state index contributed by atoms with van der Waals surface area (Å²) in [4.78, 5) is 21.3. The zero-order valence-electron chi connectivity index (χ0n) is 18.2. The highest BCUT2D eigenvalue weighted by Gasteiger charge is 2.24. The Morgan fingerprint density at radius 1 is 1.10 bits per heavy atom. The van der Waals surface area contributed by atoms with E-state index in [0.29, 0.717) is 12.4 Å². The van der Waals surface area contributed by atoms with Crippen molar-refractivity contribution >= 4 is 33.1 Å². The van der Waals surface area contributed by atoms with Crippen LogP contribution in [0.1, 0.15) is 32.8 Å². The average molecular weight is 486 g/mol. The number of carbonyl (C=O) groups excluding carboxylic acids is 1. The van der Waals surface area contributed by atoms with Gasteiger partial charge in [-0.2, -0.15) is 0 Å². The van der Waals surface area contributed by atoms with E-state index < -0.39 is 5.60 Å². The van der Waals surface area contributed by atoms with Gasteiger partial charge in [-0.1, -0.05) is 22.0 Å². The fourth-order valence-electron chi connectivity index (χ4n) is 3.68. The lowest BCUT2D eigenvalue weighted by Crippen LogP contribution is -2.39. The van der Waals surface area contributed by atoms with E-state index in [2.05, 4.69) is 37.9 Å². The molecule has 1 aromatic heterocycles. The fourth-order valence-corrected chi connectivity index (χ4v) is 3.95. The van der Waals surface area contributed by atoms with E-state index in [1.165, 1.54) is 5.56 Å². The first-order chi connectivity index (χ1) is 14.8. The zero-order chi connectivity index (χ0) is 22.0. The highest BCUT2D eigenvalue weighted by molar-refractivity contribution is 9.10. The molecule has 0 aliphatic carbocycles. The number of hydrogen-bond donors (Lipinski definition) is 0. The van der Waals surface area contributed by atoms with Gasteiger partial charge in [0.1, 0.15) is 11.1 Å². The van der Waals surface area contributed by atoms with Crippen molar-refractivity contribution in [2.45, 2.75) is 39.3 Å². The van der Waals surface area contributed by atoms with Gasteiger partial charge in [0.25, 0.3) is 0 Å². The van der Waals surface area contributed by atoms with Crippen molar-refractivity contribution in [2.24, 2.45) is 0 Å². The average Bonchev–Trinajstić information content (AvgIpc) is 2.98. The van der Waals surface area contributed by atoms with Gasteiger partial charge in [-0.3, -0.25) is 4.90 Å². The van der Waals surface area contributed by atoms with Gasteiger partial charge in [0.05, 0.1) is 0 Å². The second kappa shape index (κ2) is 9.01. The first-order valence-electron chi connectivity index (χ1n) is 10.6. The molecule has 31 heavy (non-hydrogen) atoms. The SMILES string of the molecule is CC(C)(C)OC(=O)N1CCCN(Cc2ccc3oc(-c4ccc(Br)cc4)nc3c2)CC1. The fraction of sp³-hybridized carbons (Fsp3) is 0.417. The minimum Gasteiger partial charge on any atom is -0.444 e. The Kier molecular flexibility index (Phi) is 6.34. The van der Waals surface area contributed by atoms with E-state index in [1.54, 1.807) is 0 Å². The summed E-state index contributed by atoms with van der Waals surface area (Å²) in [5, 5.41) is 0. The summed E-state index contributed by atoms with van der Waals surface area (Å²) in [7, 11) is 0. The number of hydrogen-bond acceptors (Lipinski definition) is 5. The van der Waals surface area contributed by atoms with Crippen LogP contribution in [0.2, 0.25) is 0 Å². The van der Waals surface area contributed by atoms with Crippen LogP contribution in [-0.4, -0.2) is 52.7 Å². The zero-order valence-corrected chi connectivity index (χ0v) is 19.8. The Bertz CT molecular complexity index is 1060. The van der Waals surface area contributed by atoms with Crippen molar-refractivity contribution < 1.29 is 13.9 Å². The number of nitrogens with zero attached hydrogens (tertiary/aromatic N) is 3. The predicted molar refractivity (Wildman–Crippen MR) is 125 cm³/mol. The molecule has 164 valence electrons. The number of rotatable bonds is 3. The van der Waals surface area contributed by atoms with Gasteiger partial charge in [-0.25, -0.2) is 9.78 Å². The Labute approximate surface area is 191 Å². The van der Waals surface area contributed by atoms with Crippen LogP contribution in [0.4, 0.5) is 4.79 Å². The molecule has 1 amide bonds. The maximum absolute atomic E-state index is 12.4. The second-order valence-electron chi connectivity index (χ2n) is 8.93. The van der Waals surface area contributed by atoms with Gasteiger partial charge >= 0.3 is 6.09 Å². The lowest BCUT2D eigenvalue weighted by molar-refractivity contribution is 0.0257. The molecule has 0 saturated carbocycles. The molecule has 1 aliphatic heterocycles. The maximum Gasteiger partial charge on any atom is 0.410 e. The van der Waals surface area contributed by atoms with E-state index in [9.17, 15) is 4.79 Å². The summed E-state index contributed by atoms with van der Waals surface area (Å²) in [5.74, 6) is 0.627. The molecule has 3 aromatic rings. The number of ether oxygens (including phenoxy) is 1. The summed E-state index contributed by atoms with van der Waals surface area (Å²) >= 11 is 3.45.